The van der Waals surface area contributed by atoms with Crippen molar-refractivity contribution in [3.05, 3.63) is 41.1 Å². The second-order valence-electron chi connectivity index (χ2n) is 5.58. The van der Waals surface area contributed by atoms with Crippen LogP contribution in [0.15, 0.2) is 34.9 Å². The number of nitrogens with zero attached hydrogens (tertiary/aromatic N) is 1. The molecule has 0 unspecified atom stereocenters. The summed E-state index contributed by atoms with van der Waals surface area (Å²) in [6.07, 6.45) is 1.74. The summed E-state index contributed by atoms with van der Waals surface area (Å²) in [5, 5.41) is 7.54. The van der Waals surface area contributed by atoms with Crippen LogP contribution in [0.25, 0.3) is 11.3 Å². The van der Waals surface area contributed by atoms with Crippen molar-refractivity contribution in [2.45, 2.75) is 19.4 Å². The predicted octanol–water partition coefficient (Wildman–Crippen LogP) is 3.04. The summed E-state index contributed by atoms with van der Waals surface area (Å²) in [5.41, 5.74) is 1.24. The highest BCUT2D eigenvalue weighted by atomic mass is 35.5. The zero-order valence-corrected chi connectivity index (χ0v) is 13.0. The van der Waals surface area contributed by atoms with Gasteiger partial charge in [0, 0.05) is 23.8 Å². The topological polar surface area (TPSA) is 64.4 Å². The summed E-state index contributed by atoms with van der Waals surface area (Å²) in [7, 11) is 1.61. The predicted molar refractivity (Wildman–Crippen MR) is 82.3 cm³/mol. The Morgan fingerprint density at radius 3 is 2.95 bits per heavy atom. The number of benzene rings is 1. The van der Waals surface area contributed by atoms with Gasteiger partial charge in [0.1, 0.15) is 5.69 Å². The average Bonchev–Trinajstić information content (AvgIpc) is 3.14. The molecule has 1 heterocycles. The van der Waals surface area contributed by atoms with Crippen molar-refractivity contribution >= 4 is 17.5 Å². The van der Waals surface area contributed by atoms with Crippen molar-refractivity contribution in [2.24, 2.45) is 5.41 Å². The Labute approximate surface area is 133 Å². The summed E-state index contributed by atoms with van der Waals surface area (Å²) >= 11 is 5.96. The molecule has 1 fully saturated rings. The van der Waals surface area contributed by atoms with Gasteiger partial charge in [-0.25, -0.2) is 0 Å². The van der Waals surface area contributed by atoms with Crippen molar-refractivity contribution in [3.63, 3.8) is 0 Å². The molecule has 1 amide bonds. The van der Waals surface area contributed by atoms with E-state index in [0.29, 0.717) is 29.6 Å². The molecule has 1 N–H and O–H groups in total. The minimum Gasteiger partial charge on any atom is -0.384 e. The zero-order chi connectivity index (χ0) is 15.6. The lowest BCUT2D eigenvalue weighted by Gasteiger charge is -2.12. The van der Waals surface area contributed by atoms with E-state index in [4.69, 9.17) is 20.9 Å². The van der Waals surface area contributed by atoms with E-state index >= 15 is 0 Å². The minimum atomic E-state index is -0.343. The molecule has 2 aromatic rings. The van der Waals surface area contributed by atoms with Gasteiger partial charge in [-0.05, 0) is 25.0 Å². The molecule has 0 bridgehead atoms. The van der Waals surface area contributed by atoms with E-state index in [0.717, 1.165) is 18.4 Å². The van der Waals surface area contributed by atoms with Crippen LogP contribution in [0.5, 0.6) is 0 Å². The number of ether oxygens (including phenoxy) is 1. The van der Waals surface area contributed by atoms with Gasteiger partial charge in [-0.1, -0.05) is 28.9 Å². The van der Waals surface area contributed by atoms with Crippen LogP contribution in [0, 0.1) is 5.41 Å². The average molecular weight is 321 g/mol. The van der Waals surface area contributed by atoms with Crippen molar-refractivity contribution in [1.82, 2.24) is 10.5 Å². The largest absolute Gasteiger partial charge is 0.384 e. The van der Waals surface area contributed by atoms with E-state index in [1.165, 1.54) is 0 Å². The lowest BCUT2D eigenvalue weighted by atomic mass is 10.1. The highest BCUT2D eigenvalue weighted by Gasteiger charge is 2.49. The van der Waals surface area contributed by atoms with Gasteiger partial charge in [-0.2, -0.15) is 0 Å². The molecule has 0 aliphatic heterocycles. The van der Waals surface area contributed by atoms with E-state index < -0.39 is 0 Å². The number of rotatable bonds is 6. The molecule has 1 aliphatic rings. The van der Waals surface area contributed by atoms with Crippen molar-refractivity contribution in [1.29, 1.82) is 0 Å². The Morgan fingerprint density at radius 1 is 1.45 bits per heavy atom. The van der Waals surface area contributed by atoms with Gasteiger partial charge in [0.15, 0.2) is 5.76 Å². The van der Waals surface area contributed by atoms with Crippen LogP contribution >= 0.6 is 11.6 Å². The third kappa shape index (κ3) is 3.15. The van der Waals surface area contributed by atoms with Crippen LogP contribution < -0.4 is 5.32 Å². The maximum atomic E-state index is 12.1. The molecule has 3 rings (SSSR count). The van der Waals surface area contributed by atoms with Crippen molar-refractivity contribution < 1.29 is 14.1 Å². The molecular weight excluding hydrogens is 304 g/mol. The lowest BCUT2D eigenvalue weighted by Crippen LogP contribution is -2.34. The van der Waals surface area contributed by atoms with Crippen LogP contribution in [-0.2, 0) is 16.1 Å². The molecule has 22 heavy (non-hydrogen) atoms. The number of aromatic nitrogens is 1. The highest BCUT2D eigenvalue weighted by molar-refractivity contribution is 6.30. The first kappa shape index (κ1) is 15.1. The second-order valence-corrected chi connectivity index (χ2v) is 6.02. The Morgan fingerprint density at radius 2 is 2.27 bits per heavy atom. The second kappa shape index (κ2) is 6.10. The van der Waals surface area contributed by atoms with Crippen LogP contribution in [0.1, 0.15) is 18.6 Å². The fourth-order valence-corrected chi connectivity index (χ4v) is 2.59. The number of nitrogens with one attached hydrogen (secondary N) is 1. The zero-order valence-electron chi connectivity index (χ0n) is 12.3. The van der Waals surface area contributed by atoms with Gasteiger partial charge < -0.3 is 14.6 Å². The number of hydrogen-bond acceptors (Lipinski definition) is 4. The Bertz CT molecular complexity index is 680. The standard InChI is InChI=1S/C16H17ClN2O3/c1-21-10-16(5-6-16)15(20)18-9-13-8-14(19-22-13)11-3-2-4-12(17)7-11/h2-4,7-8H,5-6,9-10H2,1H3,(H,18,20). The first-order chi connectivity index (χ1) is 10.6. The third-order valence-corrected chi connectivity index (χ3v) is 4.09. The molecular formula is C16H17ClN2O3. The summed E-state index contributed by atoms with van der Waals surface area (Å²) < 4.78 is 10.4. The van der Waals surface area contributed by atoms with Gasteiger partial charge >= 0.3 is 0 Å². The Kier molecular flexibility index (Phi) is 4.18. The van der Waals surface area contributed by atoms with Gasteiger partial charge in [-0.3, -0.25) is 4.79 Å². The molecule has 1 saturated carbocycles. The van der Waals surface area contributed by atoms with Gasteiger partial charge in [0.05, 0.1) is 18.6 Å². The molecule has 6 heteroatoms. The van der Waals surface area contributed by atoms with Crippen LogP contribution in [0.2, 0.25) is 5.02 Å². The number of carbonyl (C=O) groups excluding carboxylic acids is 1. The number of amides is 1. The van der Waals surface area contributed by atoms with E-state index in [1.54, 1.807) is 13.2 Å². The smallest absolute Gasteiger partial charge is 0.228 e. The van der Waals surface area contributed by atoms with Gasteiger partial charge in [0.2, 0.25) is 5.91 Å². The normalized spacial score (nSPS) is 15.5. The van der Waals surface area contributed by atoms with Gasteiger partial charge in [-0.15, -0.1) is 0 Å². The van der Waals surface area contributed by atoms with E-state index in [2.05, 4.69) is 10.5 Å². The van der Waals surface area contributed by atoms with Crippen molar-refractivity contribution in [2.75, 3.05) is 13.7 Å². The Balaban J connectivity index is 1.62. The monoisotopic (exact) mass is 320 g/mol. The van der Waals surface area contributed by atoms with Gasteiger partial charge in [0.25, 0.3) is 0 Å². The maximum Gasteiger partial charge on any atom is 0.228 e. The number of hydrogen-bond donors (Lipinski definition) is 1. The van der Waals surface area contributed by atoms with E-state index in [-0.39, 0.29) is 11.3 Å². The first-order valence-electron chi connectivity index (χ1n) is 7.12. The Hall–Kier alpha value is -1.85. The van der Waals surface area contributed by atoms with Crippen LogP contribution in [0.3, 0.4) is 0 Å². The number of carbonyl (C=O) groups is 1. The highest BCUT2D eigenvalue weighted by Crippen LogP contribution is 2.46. The summed E-state index contributed by atoms with van der Waals surface area (Å²) in [5.74, 6) is 0.617. The molecule has 1 aromatic heterocycles. The van der Waals surface area contributed by atoms with Crippen molar-refractivity contribution in [3.8, 4) is 11.3 Å². The summed E-state index contributed by atoms with van der Waals surface area (Å²) in [6, 6.07) is 9.19. The summed E-state index contributed by atoms with van der Waals surface area (Å²) in [6.45, 7) is 0.779. The van der Waals surface area contributed by atoms with E-state index in [1.807, 2.05) is 24.3 Å². The maximum absolute atomic E-state index is 12.1. The summed E-state index contributed by atoms with van der Waals surface area (Å²) in [4.78, 5) is 12.1. The molecule has 5 nitrogen and oxygen atoms in total. The third-order valence-electron chi connectivity index (χ3n) is 3.86. The molecule has 0 atom stereocenters. The minimum absolute atomic E-state index is 0.00931. The first-order valence-corrected chi connectivity index (χ1v) is 7.49. The van der Waals surface area contributed by atoms with Crippen LogP contribution in [0.4, 0.5) is 0 Å². The number of methoxy groups -OCH3 is 1. The molecule has 1 aliphatic carbocycles. The molecule has 0 spiro atoms. The SMILES string of the molecule is COCC1(C(=O)NCc2cc(-c3cccc(Cl)c3)no2)CC1. The molecule has 0 radical (unpaired) electrons. The molecule has 1 aromatic carbocycles. The molecule has 0 saturated heterocycles. The fourth-order valence-electron chi connectivity index (χ4n) is 2.40. The van der Waals surface area contributed by atoms with Crippen LogP contribution in [-0.4, -0.2) is 24.8 Å². The quantitative estimate of drug-likeness (QED) is 0.888. The number of halogens is 1. The fraction of sp³-hybridized carbons (Fsp3) is 0.375. The molecule has 116 valence electrons. The van der Waals surface area contributed by atoms with E-state index in [9.17, 15) is 4.79 Å². The lowest BCUT2D eigenvalue weighted by molar-refractivity contribution is -0.128.